The maximum Gasteiger partial charge on any atom is 0.405 e. The standard InChI is InChI=1S/C11H23N3O4Si/c1-11(2,3)19(4,5)14-7(6-18-12)8(9(14)15)13-10(16)17/h7-8,13H,6,12H2,1-5H3,(H,16,17). The molecule has 0 aromatic heterocycles. The summed E-state index contributed by atoms with van der Waals surface area (Å²) in [5.74, 6) is 4.91. The Hall–Kier alpha value is -1.12. The van der Waals surface area contributed by atoms with Crippen LogP contribution >= 0.6 is 0 Å². The number of hydrogen-bond donors (Lipinski definition) is 3. The third-order valence-corrected chi connectivity index (χ3v) is 9.63. The molecular weight excluding hydrogens is 266 g/mol. The number of nitrogens with zero attached hydrogens (tertiary/aromatic N) is 1. The largest absolute Gasteiger partial charge is 0.465 e. The number of nitrogens with two attached hydrogens (primary N) is 1. The summed E-state index contributed by atoms with van der Waals surface area (Å²) in [6.45, 7) is 10.6. The van der Waals surface area contributed by atoms with E-state index in [0.29, 0.717) is 0 Å². The van der Waals surface area contributed by atoms with Gasteiger partial charge in [0.25, 0.3) is 0 Å². The van der Waals surface area contributed by atoms with E-state index in [9.17, 15) is 9.59 Å². The van der Waals surface area contributed by atoms with E-state index in [4.69, 9.17) is 11.0 Å². The lowest BCUT2D eigenvalue weighted by Crippen LogP contribution is -2.79. The maximum atomic E-state index is 12.2. The van der Waals surface area contributed by atoms with Gasteiger partial charge in [-0.2, -0.15) is 0 Å². The molecule has 1 saturated heterocycles. The van der Waals surface area contributed by atoms with E-state index in [0.717, 1.165) is 0 Å². The zero-order valence-electron chi connectivity index (χ0n) is 12.1. The molecule has 0 aromatic rings. The Balaban J connectivity index is 2.96. The van der Waals surface area contributed by atoms with Crippen LogP contribution in [-0.4, -0.2) is 48.6 Å². The molecular formula is C11H23N3O4Si. The summed E-state index contributed by atoms with van der Waals surface area (Å²) < 4.78 is 1.79. The molecule has 2 atom stereocenters. The number of nitrogens with one attached hydrogen (secondary N) is 1. The van der Waals surface area contributed by atoms with Crippen molar-refractivity contribution in [3.05, 3.63) is 0 Å². The predicted octanol–water partition coefficient (Wildman–Crippen LogP) is 0.729. The van der Waals surface area contributed by atoms with Crippen molar-refractivity contribution in [1.82, 2.24) is 9.88 Å². The minimum atomic E-state index is -2.06. The van der Waals surface area contributed by atoms with Crippen molar-refractivity contribution < 1.29 is 19.5 Å². The molecule has 0 aliphatic carbocycles. The van der Waals surface area contributed by atoms with Gasteiger partial charge in [-0.1, -0.05) is 33.9 Å². The minimum Gasteiger partial charge on any atom is -0.465 e. The van der Waals surface area contributed by atoms with Crippen LogP contribution in [0.1, 0.15) is 20.8 Å². The number of β-lactam (4-membered cyclic amide) rings is 1. The Morgan fingerprint density at radius 3 is 2.42 bits per heavy atom. The van der Waals surface area contributed by atoms with Gasteiger partial charge in [0, 0.05) is 0 Å². The molecule has 110 valence electrons. The Labute approximate surface area is 114 Å². The summed E-state index contributed by atoms with van der Waals surface area (Å²) in [5, 5.41) is 11.0. The first-order chi connectivity index (χ1) is 8.54. The van der Waals surface area contributed by atoms with Crippen LogP contribution in [0.2, 0.25) is 18.1 Å². The fourth-order valence-corrected chi connectivity index (χ4v) is 4.62. The number of carbonyl (C=O) groups excluding carboxylic acids is 1. The zero-order valence-corrected chi connectivity index (χ0v) is 13.1. The van der Waals surface area contributed by atoms with Gasteiger partial charge in [-0.05, 0) is 5.04 Å². The monoisotopic (exact) mass is 289 g/mol. The van der Waals surface area contributed by atoms with Gasteiger partial charge in [0.2, 0.25) is 5.91 Å². The van der Waals surface area contributed by atoms with Crippen LogP contribution < -0.4 is 11.2 Å². The Morgan fingerprint density at radius 2 is 2.05 bits per heavy atom. The normalized spacial score (nSPS) is 24.1. The molecule has 8 heteroatoms. The van der Waals surface area contributed by atoms with Crippen LogP contribution in [0.4, 0.5) is 4.79 Å². The second kappa shape index (κ2) is 5.10. The smallest absolute Gasteiger partial charge is 0.405 e. The molecule has 0 saturated carbocycles. The molecule has 1 heterocycles. The van der Waals surface area contributed by atoms with Crippen molar-refractivity contribution in [3.8, 4) is 0 Å². The highest BCUT2D eigenvalue weighted by atomic mass is 28.3. The van der Waals surface area contributed by atoms with E-state index in [-0.39, 0.29) is 23.6 Å². The molecule has 4 N–H and O–H groups in total. The summed E-state index contributed by atoms with van der Waals surface area (Å²) >= 11 is 0. The average Bonchev–Trinajstić information content (AvgIpc) is 2.23. The van der Waals surface area contributed by atoms with Gasteiger partial charge in [0.05, 0.1) is 12.6 Å². The second-order valence-corrected chi connectivity index (χ2v) is 11.4. The van der Waals surface area contributed by atoms with Gasteiger partial charge in [-0.3, -0.25) is 4.79 Å². The van der Waals surface area contributed by atoms with Gasteiger partial charge >= 0.3 is 6.09 Å². The lowest BCUT2D eigenvalue weighted by molar-refractivity contribution is -0.146. The molecule has 2 amide bonds. The lowest BCUT2D eigenvalue weighted by Gasteiger charge is -2.57. The van der Waals surface area contributed by atoms with Crippen LogP contribution in [0.3, 0.4) is 0 Å². The molecule has 2 unspecified atom stereocenters. The third kappa shape index (κ3) is 2.75. The predicted molar refractivity (Wildman–Crippen MR) is 72.9 cm³/mol. The first-order valence-electron chi connectivity index (χ1n) is 6.18. The summed E-state index contributed by atoms with van der Waals surface area (Å²) in [5.41, 5.74) is 0. The SMILES string of the molecule is CC(C)(C)[Si](C)(C)N1C(=O)C(NC(=O)O)C1CON. The molecule has 19 heavy (non-hydrogen) atoms. The molecule has 0 bridgehead atoms. The minimum absolute atomic E-state index is 0.0241. The van der Waals surface area contributed by atoms with Crippen molar-refractivity contribution in [2.24, 2.45) is 5.90 Å². The van der Waals surface area contributed by atoms with Crippen LogP contribution in [0, 0.1) is 0 Å². The molecule has 1 rings (SSSR count). The molecule has 0 radical (unpaired) electrons. The van der Waals surface area contributed by atoms with Crippen molar-refractivity contribution in [1.29, 1.82) is 0 Å². The molecule has 1 fully saturated rings. The second-order valence-electron chi connectivity index (χ2n) is 6.35. The lowest BCUT2D eigenvalue weighted by atomic mass is 10.00. The van der Waals surface area contributed by atoms with E-state index in [2.05, 4.69) is 44.0 Å². The van der Waals surface area contributed by atoms with Crippen molar-refractivity contribution in [2.45, 2.75) is 51.0 Å². The molecule has 0 aromatic carbocycles. The highest BCUT2D eigenvalue weighted by Crippen LogP contribution is 2.42. The highest BCUT2D eigenvalue weighted by Gasteiger charge is 2.57. The number of carbonyl (C=O) groups is 2. The molecule has 1 aliphatic heterocycles. The van der Waals surface area contributed by atoms with Crippen molar-refractivity contribution in [2.75, 3.05) is 6.61 Å². The van der Waals surface area contributed by atoms with Crippen LogP contribution in [0.5, 0.6) is 0 Å². The van der Waals surface area contributed by atoms with Crippen LogP contribution in [0.25, 0.3) is 0 Å². The maximum absolute atomic E-state index is 12.2. The number of carboxylic acid groups (broad SMARTS) is 1. The van der Waals surface area contributed by atoms with E-state index in [1.807, 2.05) is 0 Å². The van der Waals surface area contributed by atoms with Gasteiger partial charge in [-0.25, -0.2) is 10.7 Å². The van der Waals surface area contributed by atoms with Crippen LogP contribution in [-0.2, 0) is 9.63 Å². The van der Waals surface area contributed by atoms with Gasteiger partial charge in [0.1, 0.15) is 6.04 Å². The third-order valence-electron chi connectivity index (χ3n) is 4.20. The fourth-order valence-electron chi connectivity index (χ4n) is 2.16. The van der Waals surface area contributed by atoms with Crippen molar-refractivity contribution in [3.63, 3.8) is 0 Å². The molecule has 0 spiro atoms. The molecule has 1 aliphatic rings. The molecule has 7 nitrogen and oxygen atoms in total. The quantitative estimate of drug-likeness (QED) is 0.402. The highest BCUT2D eigenvalue weighted by molar-refractivity contribution is 6.80. The summed E-state index contributed by atoms with van der Waals surface area (Å²) in [4.78, 5) is 27.6. The zero-order chi connectivity index (χ0) is 15.0. The fraction of sp³-hybridized carbons (Fsp3) is 0.818. The topological polar surface area (TPSA) is 105 Å². The first-order valence-corrected chi connectivity index (χ1v) is 9.13. The van der Waals surface area contributed by atoms with E-state index in [1.165, 1.54) is 0 Å². The Kier molecular flexibility index (Phi) is 4.28. The van der Waals surface area contributed by atoms with E-state index >= 15 is 0 Å². The summed E-state index contributed by atoms with van der Waals surface area (Å²) in [6, 6.07) is -1.08. The summed E-state index contributed by atoms with van der Waals surface area (Å²) in [7, 11) is -2.06. The van der Waals surface area contributed by atoms with Gasteiger partial charge < -0.3 is 19.8 Å². The first kappa shape index (κ1) is 15.9. The Morgan fingerprint density at radius 1 is 1.53 bits per heavy atom. The van der Waals surface area contributed by atoms with Gasteiger partial charge in [0.15, 0.2) is 8.24 Å². The number of amides is 2. The van der Waals surface area contributed by atoms with Gasteiger partial charge in [-0.15, -0.1) is 0 Å². The summed E-state index contributed by atoms with van der Waals surface area (Å²) in [6.07, 6.45) is -1.21. The number of rotatable bonds is 4. The van der Waals surface area contributed by atoms with E-state index in [1.54, 1.807) is 4.57 Å². The number of hydrogen-bond acceptors (Lipinski definition) is 4. The van der Waals surface area contributed by atoms with Crippen molar-refractivity contribution >= 4 is 20.2 Å². The van der Waals surface area contributed by atoms with E-state index < -0.39 is 20.4 Å². The van der Waals surface area contributed by atoms with Crippen LogP contribution in [0.15, 0.2) is 0 Å². The Bertz CT molecular complexity index is 381. The average molecular weight is 289 g/mol.